The van der Waals surface area contributed by atoms with Crippen molar-refractivity contribution in [1.82, 2.24) is 4.98 Å². The molecule has 0 spiro atoms. The van der Waals surface area contributed by atoms with E-state index < -0.39 is 0 Å². The molecule has 1 aromatic heterocycles. The molecule has 4 nitrogen and oxygen atoms in total. The van der Waals surface area contributed by atoms with Gasteiger partial charge in [-0.1, -0.05) is 0 Å². The average molecular weight is 221 g/mol. The molecule has 0 bridgehead atoms. The molecule has 1 heterocycles. The van der Waals surface area contributed by atoms with Crippen molar-refractivity contribution in [3.63, 3.8) is 0 Å². The van der Waals surface area contributed by atoms with E-state index in [1.807, 2.05) is 26.0 Å². The number of pyridine rings is 1. The zero-order chi connectivity index (χ0) is 12.2. The van der Waals surface area contributed by atoms with Crippen LogP contribution in [0.5, 0.6) is 0 Å². The van der Waals surface area contributed by atoms with Crippen LogP contribution in [0.2, 0.25) is 0 Å². The van der Waals surface area contributed by atoms with Crippen LogP contribution in [-0.2, 0) is 4.79 Å². The van der Waals surface area contributed by atoms with Gasteiger partial charge < -0.3 is 10.6 Å². The molecule has 0 saturated heterocycles. The van der Waals surface area contributed by atoms with E-state index in [0.717, 1.165) is 5.69 Å². The van der Waals surface area contributed by atoms with E-state index in [0.29, 0.717) is 12.8 Å². The first kappa shape index (κ1) is 12.6. The molecule has 1 rings (SSSR count). The van der Waals surface area contributed by atoms with Gasteiger partial charge in [-0.25, -0.2) is 0 Å². The van der Waals surface area contributed by atoms with E-state index in [4.69, 9.17) is 5.73 Å². The second-order valence-corrected chi connectivity index (χ2v) is 4.65. The quantitative estimate of drug-likeness (QED) is 0.839. The van der Waals surface area contributed by atoms with Crippen molar-refractivity contribution in [1.29, 1.82) is 0 Å². The van der Waals surface area contributed by atoms with E-state index >= 15 is 0 Å². The number of aromatic nitrogens is 1. The van der Waals surface area contributed by atoms with E-state index in [-0.39, 0.29) is 11.4 Å². The fourth-order valence-corrected chi connectivity index (χ4v) is 1.31. The molecular weight excluding hydrogens is 202 g/mol. The summed E-state index contributed by atoms with van der Waals surface area (Å²) in [5, 5.41) is 0. The third kappa shape index (κ3) is 3.98. The van der Waals surface area contributed by atoms with E-state index in [1.54, 1.807) is 24.3 Å². The lowest BCUT2D eigenvalue weighted by Crippen LogP contribution is -2.35. The van der Waals surface area contributed by atoms with Crippen LogP contribution in [0.4, 0.5) is 5.69 Å². The Hall–Kier alpha value is -1.42. The Labute approximate surface area is 96.5 Å². The molecule has 1 aromatic rings. The van der Waals surface area contributed by atoms with Crippen molar-refractivity contribution in [2.45, 2.75) is 32.2 Å². The minimum absolute atomic E-state index is 0.0738. The lowest BCUT2D eigenvalue weighted by atomic mass is 10.00. The van der Waals surface area contributed by atoms with Gasteiger partial charge in [-0.05, 0) is 32.4 Å². The highest BCUT2D eigenvalue weighted by atomic mass is 16.2. The van der Waals surface area contributed by atoms with Crippen LogP contribution in [-0.4, -0.2) is 23.5 Å². The minimum Gasteiger partial charge on any atom is -0.326 e. The summed E-state index contributed by atoms with van der Waals surface area (Å²) in [6.07, 6.45) is 4.49. The Morgan fingerprint density at radius 3 is 2.50 bits per heavy atom. The summed E-state index contributed by atoms with van der Waals surface area (Å²) in [6, 6.07) is 3.62. The largest absolute Gasteiger partial charge is 0.326 e. The Kier molecular flexibility index (Phi) is 4.01. The highest BCUT2D eigenvalue weighted by Crippen LogP contribution is 2.14. The van der Waals surface area contributed by atoms with Gasteiger partial charge in [-0.3, -0.25) is 9.78 Å². The number of carbonyl (C=O) groups is 1. The molecule has 0 aromatic carbocycles. The molecule has 2 N–H and O–H groups in total. The molecule has 0 saturated carbocycles. The maximum absolute atomic E-state index is 11.8. The number of carbonyl (C=O) groups excluding carboxylic acids is 1. The lowest BCUT2D eigenvalue weighted by molar-refractivity contribution is -0.118. The van der Waals surface area contributed by atoms with Crippen LogP contribution in [0.3, 0.4) is 0 Å². The standard InChI is InChI=1S/C12H19N3O/c1-12(2,13)7-4-11(16)15(3)10-5-8-14-9-6-10/h5-6,8-9H,4,7,13H2,1-3H3. The summed E-state index contributed by atoms with van der Waals surface area (Å²) in [5.41, 5.74) is 6.40. The number of rotatable bonds is 4. The SMILES string of the molecule is CN(C(=O)CCC(C)(C)N)c1ccncc1. The number of hydrogen-bond acceptors (Lipinski definition) is 3. The maximum atomic E-state index is 11.8. The Morgan fingerprint density at radius 2 is 2.00 bits per heavy atom. The predicted octanol–water partition coefficient (Wildman–Crippen LogP) is 1.56. The molecule has 16 heavy (non-hydrogen) atoms. The topological polar surface area (TPSA) is 59.2 Å². The van der Waals surface area contributed by atoms with Crippen molar-refractivity contribution < 1.29 is 4.79 Å². The third-order valence-corrected chi connectivity index (χ3v) is 2.41. The van der Waals surface area contributed by atoms with Crippen LogP contribution >= 0.6 is 0 Å². The molecule has 0 fully saturated rings. The first-order valence-electron chi connectivity index (χ1n) is 5.35. The number of anilines is 1. The van der Waals surface area contributed by atoms with Crippen LogP contribution in [0.25, 0.3) is 0 Å². The van der Waals surface area contributed by atoms with Crippen molar-refractivity contribution in [3.05, 3.63) is 24.5 Å². The number of nitrogens with two attached hydrogens (primary N) is 1. The lowest BCUT2D eigenvalue weighted by Gasteiger charge is -2.21. The summed E-state index contributed by atoms with van der Waals surface area (Å²) in [6.45, 7) is 3.85. The van der Waals surface area contributed by atoms with Gasteiger partial charge in [0.15, 0.2) is 0 Å². The smallest absolute Gasteiger partial charge is 0.226 e. The summed E-state index contributed by atoms with van der Waals surface area (Å²) < 4.78 is 0. The molecule has 88 valence electrons. The van der Waals surface area contributed by atoms with E-state index in [1.165, 1.54) is 0 Å². The van der Waals surface area contributed by atoms with Gasteiger partial charge in [-0.2, -0.15) is 0 Å². The molecule has 0 atom stereocenters. The Bertz CT molecular complexity index is 343. The third-order valence-electron chi connectivity index (χ3n) is 2.41. The first-order valence-corrected chi connectivity index (χ1v) is 5.35. The van der Waals surface area contributed by atoms with Gasteiger partial charge in [0.05, 0.1) is 0 Å². The van der Waals surface area contributed by atoms with Gasteiger partial charge in [0.1, 0.15) is 0 Å². The number of hydrogen-bond donors (Lipinski definition) is 1. The van der Waals surface area contributed by atoms with Gasteiger partial charge in [0.25, 0.3) is 0 Å². The summed E-state index contributed by atoms with van der Waals surface area (Å²) in [4.78, 5) is 17.4. The van der Waals surface area contributed by atoms with E-state index in [2.05, 4.69) is 4.98 Å². The molecular formula is C12H19N3O. The highest BCUT2D eigenvalue weighted by Gasteiger charge is 2.16. The molecule has 0 radical (unpaired) electrons. The Morgan fingerprint density at radius 1 is 1.44 bits per heavy atom. The van der Waals surface area contributed by atoms with Crippen LogP contribution in [0.1, 0.15) is 26.7 Å². The second-order valence-electron chi connectivity index (χ2n) is 4.65. The summed E-state index contributed by atoms with van der Waals surface area (Å²) >= 11 is 0. The van der Waals surface area contributed by atoms with Crippen molar-refractivity contribution in [2.75, 3.05) is 11.9 Å². The second kappa shape index (κ2) is 5.07. The fraction of sp³-hybridized carbons (Fsp3) is 0.500. The number of amides is 1. The fourth-order valence-electron chi connectivity index (χ4n) is 1.31. The number of nitrogens with zero attached hydrogens (tertiary/aromatic N) is 2. The molecule has 0 aliphatic rings. The van der Waals surface area contributed by atoms with Gasteiger partial charge in [0, 0.05) is 37.1 Å². The van der Waals surface area contributed by atoms with Crippen LogP contribution in [0, 0.1) is 0 Å². The summed E-state index contributed by atoms with van der Waals surface area (Å²) in [7, 11) is 1.77. The minimum atomic E-state index is -0.297. The average Bonchev–Trinajstić information content (AvgIpc) is 2.25. The molecule has 0 aliphatic carbocycles. The monoisotopic (exact) mass is 221 g/mol. The molecule has 0 aliphatic heterocycles. The van der Waals surface area contributed by atoms with Gasteiger partial charge in [-0.15, -0.1) is 0 Å². The van der Waals surface area contributed by atoms with Crippen molar-refractivity contribution in [3.8, 4) is 0 Å². The summed E-state index contributed by atoms with van der Waals surface area (Å²) in [5.74, 6) is 0.0738. The van der Waals surface area contributed by atoms with Gasteiger partial charge >= 0.3 is 0 Å². The Balaban J connectivity index is 2.55. The normalized spacial score (nSPS) is 11.2. The predicted molar refractivity (Wildman–Crippen MR) is 65.1 cm³/mol. The van der Waals surface area contributed by atoms with Crippen molar-refractivity contribution in [2.24, 2.45) is 5.73 Å². The molecule has 4 heteroatoms. The van der Waals surface area contributed by atoms with Crippen LogP contribution < -0.4 is 10.6 Å². The first-order chi connectivity index (χ1) is 7.40. The highest BCUT2D eigenvalue weighted by molar-refractivity contribution is 5.92. The molecule has 0 unspecified atom stereocenters. The van der Waals surface area contributed by atoms with E-state index in [9.17, 15) is 4.79 Å². The maximum Gasteiger partial charge on any atom is 0.226 e. The zero-order valence-corrected chi connectivity index (χ0v) is 10.1. The van der Waals surface area contributed by atoms with Gasteiger partial charge in [0.2, 0.25) is 5.91 Å². The van der Waals surface area contributed by atoms with Crippen LogP contribution in [0.15, 0.2) is 24.5 Å². The molecule has 1 amide bonds. The zero-order valence-electron chi connectivity index (χ0n) is 10.1. The van der Waals surface area contributed by atoms with Crippen molar-refractivity contribution >= 4 is 11.6 Å².